The van der Waals surface area contributed by atoms with E-state index in [0.717, 1.165) is 10.6 Å². The van der Waals surface area contributed by atoms with E-state index in [4.69, 9.17) is 21.1 Å². The second-order valence-electron chi connectivity index (χ2n) is 6.91. The molecule has 1 amide bonds. The zero-order valence-electron chi connectivity index (χ0n) is 17.1. The van der Waals surface area contributed by atoms with Crippen molar-refractivity contribution in [2.24, 2.45) is 5.92 Å². The van der Waals surface area contributed by atoms with E-state index in [1.165, 1.54) is 13.2 Å². The minimum atomic E-state index is -3.76. The van der Waals surface area contributed by atoms with Crippen molar-refractivity contribution in [1.29, 1.82) is 0 Å². The van der Waals surface area contributed by atoms with Crippen LogP contribution in [0.15, 0.2) is 18.2 Å². The predicted molar refractivity (Wildman–Crippen MR) is 111 cm³/mol. The van der Waals surface area contributed by atoms with E-state index in [2.05, 4.69) is 0 Å². The second-order valence-corrected chi connectivity index (χ2v) is 9.17. The van der Waals surface area contributed by atoms with Gasteiger partial charge in [0.25, 0.3) is 0 Å². The molecular weight excluding hydrogens is 420 g/mol. The summed E-state index contributed by atoms with van der Waals surface area (Å²) >= 11 is 6.14. The van der Waals surface area contributed by atoms with E-state index in [0.29, 0.717) is 38.3 Å². The van der Waals surface area contributed by atoms with Gasteiger partial charge in [0.2, 0.25) is 15.9 Å². The highest BCUT2D eigenvalue weighted by atomic mass is 35.5. The molecule has 0 N–H and O–H groups in total. The monoisotopic (exact) mass is 446 g/mol. The van der Waals surface area contributed by atoms with Crippen molar-refractivity contribution < 1.29 is 27.5 Å². The largest absolute Gasteiger partial charge is 0.495 e. The molecule has 8 nitrogen and oxygen atoms in total. The van der Waals surface area contributed by atoms with Crippen LogP contribution in [0.5, 0.6) is 5.75 Å². The van der Waals surface area contributed by atoms with Crippen LogP contribution < -0.4 is 9.04 Å². The van der Waals surface area contributed by atoms with Gasteiger partial charge in [-0.3, -0.25) is 13.9 Å². The average molecular weight is 447 g/mol. The third-order valence-corrected chi connectivity index (χ3v) is 6.42. The fraction of sp³-hybridized carbons (Fsp3) is 0.579. The number of piperidine rings is 1. The molecule has 0 aliphatic carbocycles. The van der Waals surface area contributed by atoms with Gasteiger partial charge in [-0.05, 0) is 44.9 Å². The third kappa shape index (κ3) is 5.54. The summed E-state index contributed by atoms with van der Waals surface area (Å²) in [5.74, 6) is -0.410. The Morgan fingerprint density at radius 1 is 1.31 bits per heavy atom. The van der Waals surface area contributed by atoms with Crippen LogP contribution in [0, 0.1) is 5.92 Å². The van der Waals surface area contributed by atoms with Crippen LogP contribution >= 0.6 is 11.6 Å². The minimum Gasteiger partial charge on any atom is -0.495 e. The minimum absolute atomic E-state index is 0.235. The number of esters is 1. The van der Waals surface area contributed by atoms with Crippen molar-refractivity contribution in [3.63, 3.8) is 0 Å². The summed E-state index contributed by atoms with van der Waals surface area (Å²) in [6.07, 6.45) is 2.02. The molecule has 1 atom stereocenters. The Morgan fingerprint density at radius 2 is 1.93 bits per heavy atom. The zero-order chi connectivity index (χ0) is 21.8. The maximum Gasteiger partial charge on any atom is 0.309 e. The molecule has 0 spiro atoms. The number of carbonyl (C=O) groups excluding carboxylic acids is 2. The molecule has 0 aromatic heterocycles. The van der Waals surface area contributed by atoms with E-state index in [-0.39, 0.29) is 28.5 Å². The van der Waals surface area contributed by atoms with Crippen LogP contribution in [0.4, 0.5) is 5.69 Å². The Bertz CT molecular complexity index is 852. The number of benzene rings is 1. The summed E-state index contributed by atoms with van der Waals surface area (Å²) in [7, 11) is -2.30. The number of methoxy groups -OCH3 is 1. The van der Waals surface area contributed by atoms with Crippen LogP contribution in [0.1, 0.15) is 26.7 Å². The number of hydrogen-bond acceptors (Lipinski definition) is 6. The lowest BCUT2D eigenvalue weighted by atomic mass is 9.96. The summed E-state index contributed by atoms with van der Waals surface area (Å²) in [6.45, 7) is 4.35. The van der Waals surface area contributed by atoms with E-state index in [1.807, 2.05) is 0 Å². The van der Waals surface area contributed by atoms with Crippen molar-refractivity contribution in [3.05, 3.63) is 23.2 Å². The molecule has 29 heavy (non-hydrogen) atoms. The Kier molecular flexibility index (Phi) is 7.76. The quantitative estimate of drug-likeness (QED) is 0.596. The van der Waals surface area contributed by atoms with Crippen molar-refractivity contribution in [2.45, 2.75) is 32.7 Å². The second kappa shape index (κ2) is 9.67. The van der Waals surface area contributed by atoms with Gasteiger partial charge in [-0.2, -0.15) is 0 Å². The maximum atomic E-state index is 13.0. The molecule has 162 valence electrons. The first kappa shape index (κ1) is 23.3. The number of carbonyl (C=O) groups is 2. The summed E-state index contributed by atoms with van der Waals surface area (Å²) < 4.78 is 36.1. The molecule has 0 bridgehead atoms. The number of nitrogens with zero attached hydrogens (tertiary/aromatic N) is 2. The molecule has 1 aliphatic rings. The average Bonchev–Trinajstić information content (AvgIpc) is 2.67. The molecule has 1 aliphatic heterocycles. The van der Waals surface area contributed by atoms with Gasteiger partial charge in [0.1, 0.15) is 11.8 Å². The number of likely N-dealkylation sites (tertiary alicyclic amines) is 1. The van der Waals surface area contributed by atoms with Gasteiger partial charge in [-0.1, -0.05) is 11.6 Å². The van der Waals surface area contributed by atoms with Crippen LogP contribution in [0.25, 0.3) is 0 Å². The molecule has 0 unspecified atom stereocenters. The van der Waals surface area contributed by atoms with Gasteiger partial charge < -0.3 is 14.4 Å². The molecule has 0 saturated carbocycles. The van der Waals surface area contributed by atoms with Crippen molar-refractivity contribution >= 4 is 39.2 Å². The van der Waals surface area contributed by atoms with Crippen LogP contribution in [-0.2, 0) is 24.3 Å². The number of anilines is 1. The molecule has 10 heteroatoms. The Hall–Kier alpha value is -2.00. The lowest BCUT2D eigenvalue weighted by Gasteiger charge is -2.36. The predicted octanol–water partition coefficient (Wildman–Crippen LogP) is 2.30. The van der Waals surface area contributed by atoms with Crippen LogP contribution in [0.2, 0.25) is 5.02 Å². The standard InChI is InChI=1S/C19H27ClN2O6S/c1-5-28-19(24)14-8-10-21(11-9-14)18(23)13(2)22(29(4,25)26)15-6-7-17(27-3)16(20)12-15/h6-7,12-14H,5,8-11H2,1-4H3/t13-/m0/s1. The molecule has 1 heterocycles. The molecule has 0 radical (unpaired) electrons. The fourth-order valence-corrected chi connectivity index (χ4v) is 4.87. The molecular formula is C19H27ClN2O6S. The molecule has 1 aromatic carbocycles. The van der Waals surface area contributed by atoms with Crippen LogP contribution in [0.3, 0.4) is 0 Å². The van der Waals surface area contributed by atoms with Gasteiger partial charge >= 0.3 is 5.97 Å². The Balaban J connectivity index is 2.18. The number of hydrogen-bond donors (Lipinski definition) is 0. The molecule has 1 saturated heterocycles. The molecule has 1 fully saturated rings. The van der Waals surface area contributed by atoms with E-state index in [1.54, 1.807) is 30.9 Å². The fourth-order valence-electron chi connectivity index (χ4n) is 3.45. The number of sulfonamides is 1. The first-order chi connectivity index (χ1) is 13.6. The van der Waals surface area contributed by atoms with Gasteiger partial charge in [0.05, 0.1) is 36.6 Å². The highest BCUT2D eigenvalue weighted by molar-refractivity contribution is 7.92. The molecule has 2 rings (SSSR count). The van der Waals surface area contributed by atoms with E-state index < -0.39 is 16.1 Å². The first-order valence-electron chi connectivity index (χ1n) is 9.38. The summed E-state index contributed by atoms with van der Waals surface area (Å²) in [5.41, 5.74) is 0.278. The van der Waals surface area contributed by atoms with Gasteiger partial charge in [0, 0.05) is 13.1 Å². The smallest absolute Gasteiger partial charge is 0.309 e. The normalized spacial score (nSPS) is 16.2. The van der Waals surface area contributed by atoms with Crippen molar-refractivity contribution in [1.82, 2.24) is 4.90 Å². The first-order valence-corrected chi connectivity index (χ1v) is 11.6. The van der Waals surface area contributed by atoms with E-state index >= 15 is 0 Å². The number of rotatable bonds is 7. The lowest BCUT2D eigenvalue weighted by molar-refractivity contribution is -0.151. The van der Waals surface area contributed by atoms with Crippen molar-refractivity contribution in [2.75, 3.05) is 37.4 Å². The van der Waals surface area contributed by atoms with Crippen molar-refractivity contribution in [3.8, 4) is 5.75 Å². The number of amides is 1. The van der Waals surface area contributed by atoms with Gasteiger partial charge in [-0.25, -0.2) is 8.42 Å². The number of ether oxygens (including phenoxy) is 2. The Morgan fingerprint density at radius 3 is 2.41 bits per heavy atom. The van der Waals surface area contributed by atoms with Crippen LogP contribution in [-0.4, -0.2) is 64.3 Å². The lowest BCUT2D eigenvalue weighted by Crippen LogP contribution is -2.51. The van der Waals surface area contributed by atoms with E-state index in [9.17, 15) is 18.0 Å². The third-order valence-electron chi connectivity index (χ3n) is 4.88. The SMILES string of the molecule is CCOC(=O)C1CCN(C(=O)[C@H](C)N(c2ccc(OC)c(Cl)c2)S(C)(=O)=O)CC1. The summed E-state index contributed by atoms with van der Waals surface area (Å²) in [4.78, 5) is 26.5. The highest BCUT2D eigenvalue weighted by Crippen LogP contribution is 2.32. The van der Waals surface area contributed by atoms with Gasteiger partial charge in [0.15, 0.2) is 0 Å². The summed E-state index contributed by atoms with van der Waals surface area (Å²) in [5, 5.41) is 0.244. The topological polar surface area (TPSA) is 93.2 Å². The van der Waals surface area contributed by atoms with Gasteiger partial charge in [-0.15, -0.1) is 0 Å². The Labute approximate surface area is 176 Å². The highest BCUT2D eigenvalue weighted by Gasteiger charge is 2.35. The maximum absolute atomic E-state index is 13.0. The number of halogens is 1. The summed E-state index contributed by atoms with van der Waals surface area (Å²) in [6, 6.07) is 3.59. The zero-order valence-corrected chi connectivity index (χ0v) is 18.6. The molecule has 1 aromatic rings.